The largest absolute Gasteiger partial charge is 0.493 e. The number of benzene rings is 2. The minimum Gasteiger partial charge on any atom is -0.493 e. The van der Waals surface area contributed by atoms with E-state index in [9.17, 15) is 10.1 Å². The standard InChI is InChI=1S/C26H27Cl2FN2O3/c1-15(20-11-18(27)12-22(28)21(20)13-30)31-9-7-16(8-10-31)14-34-23-6-5-19(26(32)33-2)25(29)24(23)17-3-4-17/h5-6,11-12,15-17H,3-4,7-10,14H2,1-2H3. The van der Waals surface area contributed by atoms with E-state index in [2.05, 4.69) is 17.9 Å². The van der Waals surface area contributed by atoms with Crippen molar-refractivity contribution in [1.29, 1.82) is 5.26 Å². The number of hydrogen-bond donors (Lipinski definition) is 0. The first-order valence-corrected chi connectivity index (χ1v) is 12.3. The van der Waals surface area contributed by atoms with Gasteiger partial charge in [-0.15, -0.1) is 0 Å². The third-order valence-electron chi connectivity index (χ3n) is 6.85. The lowest BCUT2D eigenvalue weighted by atomic mass is 9.94. The number of nitriles is 1. The molecule has 2 aliphatic rings. The van der Waals surface area contributed by atoms with Crippen LogP contribution in [-0.2, 0) is 4.74 Å². The van der Waals surface area contributed by atoms with Crippen molar-refractivity contribution in [1.82, 2.24) is 4.90 Å². The molecule has 0 amide bonds. The maximum Gasteiger partial charge on any atom is 0.340 e. The molecule has 5 nitrogen and oxygen atoms in total. The zero-order valence-electron chi connectivity index (χ0n) is 19.2. The maximum absolute atomic E-state index is 15.0. The number of piperidine rings is 1. The highest BCUT2D eigenvalue weighted by molar-refractivity contribution is 6.35. The van der Waals surface area contributed by atoms with Crippen LogP contribution in [0.3, 0.4) is 0 Å². The van der Waals surface area contributed by atoms with Crippen LogP contribution in [-0.4, -0.2) is 37.7 Å². The average molecular weight is 505 g/mol. The average Bonchev–Trinajstić information content (AvgIpc) is 3.67. The normalized spacial score (nSPS) is 17.8. The number of carbonyl (C=O) groups excluding carboxylic acids is 1. The molecular weight excluding hydrogens is 478 g/mol. The van der Waals surface area contributed by atoms with E-state index in [0.29, 0.717) is 39.4 Å². The monoisotopic (exact) mass is 504 g/mol. The van der Waals surface area contributed by atoms with E-state index in [4.69, 9.17) is 32.7 Å². The second-order valence-electron chi connectivity index (χ2n) is 9.03. The Hall–Kier alpha value is -2.33. The minimum absolute atomic E-state index is 0.00847. The Kier molecular flexibility index (Phi) is 7.67. The lowest BCUT2D eigenvalue weighted by Gasteiger charge is -2.36. The Balaban J connectivity index is 1.39. The van der Waals surface area contributed by atoms with Crippen LogP contribution in [0.5, 0.6) is 5.75 Å². The Morgan fingerprint density at radius 2 is 1.94 bits per heavy atom. The van der Waals surface area contributed by atoms with Crippen LogP contribution < -0.4 is 4.74 Å². The van der Waals surface area contributed by atoms with Gasteiger partial charge in [0.25, 0.3) is 0 Å². The molecule has 0 radical (unpaired) electrons. The van der Waals surface area contributed by atoms with Crippen molar-refractivity contribution < 1.29 is 18.7 Å². The van der Waals surface area contributed by atoms with Gasteiger partial charge in [-0.1, -0.05) is 23.2 Å². The van der Waals surface area contributed by atoms with Crippen molar-refractivity contribution in [3.05, 3.63) is 62.4 Å². The SMILES string of the molecule is COC(=O)c1ccc(OCC2CCN(C(C)c3cc(Cl)cc(Cl)c3C#N)CC2)c(C2CC2)c1F. The molecule has 34 heavy (non-hydrogen) atoms. The Labute approximate surface area is 209 Å². The molecule has 2 fully saturated rings. The topological polar surface area (TPSA) is 62.6 Å². The van der Waals surface area contributed by atoms with E-state index in [1.807, 2.05) is 6.07 Å². The fraction of sp³-hybridized carbons (Fsp3) is 0.462. The van der Waals surface area contributed by atoms with Gasteiger partial charge >= 0.3 is 5.97 Å². The van der Waals surface area contributed by atoms with E-state index in [-0.39, 0.29) is 17.5 Å². The number of halogens is 3. The number of esters is 1. The van der Waals surface area contributed by atoms with Gasteiger partial charge in [-0.2, -0.15) is 5.26 Å². The molecule has 1 atom stereocenters. The van der Waals surface area contributed by atoms with E-state index in [0.717, 1.165) is 44.3 Å². The molecule has 2 aromatic carbocycles. The molecule has 1 unspecified atom stereocenters. The van der Waals surface area contributed by atoms with Crippen LogP contribution in [0, 0.1) is 23.1 Å². The molecule has 1 saturated heterocycles. The molecular formula is C26H27Cl2FN2O3. The fourth-order valence-corrected chi connectivity index (χ4v) is 5.22. The first-order valence-electron chi connectivity index (χ1n) is 11.5. The molecule has 1 aliphatic carbocycles. The van der Waals surface area contributed by atoms with Gasteiger partial charge in [0, 0.05) is 16.6 Å². The molecule has 0 spiro atoms. The van der Waals surface area contributed by atoms with Gasteiger partial charge in [-0.3, -0.25) is 4.90 Å². The zero-order valence-corrected chi connectivity index (χ0v) is 20.8. The fourth-order valence-electron chi connectivity index (χ4n) is 4.67. The smallest absolute Gasteiger partial charge is 0.340 e. The van der Waals surface area contributed by atoms with Gasteiger partial charge in [0.1, 0.15) is 17.6 Å². The molecule has 4 rings (SSSR count). The summed E-state index contributed by atoms with van der Waals surface area (Å²) in [4.78, 5) is 14.2. The highest BCUT2D eigenvalue weighted by Gasteiger charge is 2.33. The Bertz CT molecular complexity index is 1120. The lowest BCUT2D eigenvalue weighted by Crippen LogP contribution is -2.37. The summed E-state index contributed by atoms with van der Waals surface area (Å²) in [5.41, 5.74) is 1.76. The van der Waals surface area contributed by atoms with Gasteiger partial charge < -0.3 is 9.47 Å². The molecule has 0 aromatic heterocycles. The summed E-state index contributed by atoms with van der Waals surface area (Å²) < 4.78 is 25.8. The van der Waals surface area contributed by atoms with Crippen molar-refractivity contribution in [3.63, 3.8) is 0 Å². The number of ether oxygens (including phenoxy) is 2. The summed E-state index contributed by atoms with van der Waals surface area (Å²) in [6.45, 7) is 4.24. The van der Waals surface area contributed by atoms with Gasteiger partial charge in [0.2, 0.25) is 0 Å². The number of hydrogen-bond acceptors (Lipinski definition) is 5. The van der Waals surface area contributed by atoms with Crippen LogP contribution in [0.1, 0.15) is 71.6 Å². The second kappa shape index (κ2) is 10.5. The van der Waals surface area contributed by atoms with E-state index in [1.54, 1.807) is 12.1 Å². The van der Waals surface area contributed by atoms with Crippen molar-refractivity contribution in [2.24, 2.45) is 5.92 Å². The molecule has 1 aliphatic heterocycles. The minimum atomic E-state index is -0.673. The van der Waals surface area contributed by atoms with Crippen LogP contribution in [0.4, 0.5) is 4.39 Å². The molecule has 2 aromatic rings. The third-order valence-corrected chi connectivity index (χ3v) is 7.37. The number of methoxy groups -OCH3 is 1. The van der Waals surface area contributed by atoms with Crippen molar-refractivity contribution >= 4 is 29.2 Å². The Morgan fingerprint density at radius 3 is 2.56 bits per heavy atom. The highest BCUT2D eigenvalue weighted by Crippen LogP contribution is 2.46. The molecule has 180 valence electrons. The number of rotatable bonds is 7. The molecule has 0 bridgehead atoms. The molecule has 1 heterocycles. The van der Waals surface area contributed by atoms with Crippen LogP contribution in [0.25, 0.3) is 0 Å². The first-order chi connectivity index (χ1) is 16.3. The molecule has 8 heteroatoms. The van der Waals surface area contributed by atoms with Crippen molar-refractivity contribution in [2.45, 2.75) is 44.6 Å². The van der Waals surface area contributed by atoms with Crippen molar-refractivity contribution in [2.75, 3.05) is 26.8 Å². The maximum atomic E-state index is 15.0. The van der Waals surface area contributed by atoms with E-state index < -0.39 is 11.8 Å². The van der Waals surface area contributed by atoms with Crippen molar-refractivity contribution in [3.8, 4) is 11.8 Å². The van der Waals surface area contributed by atoms with Crippen LogP contribution in [0.2, 0.25) is 10.0 Å². The molecule has 0 N–H and O–H groups in total. The lowest BCUT2D eigenvalue weighted by molar-refractivity contribution is 0.0595. The summed E-state index contributed by atoms with van der Waals surface area (Å²) in [5.74, 6) is -0.244. The Morgan fingerprint density at radius 1 is 1.24 bits per heavy atom. The van der Waals surface area contributed by atoms with Gasteiger partial charge in [0.05, 0.1) is 29.9 Å². The number of carbonyl (C=O) groups is 1. The second-order valence-corrected chi connectivity index (χ2v) is 9.88. The van der Waals surface area contributed by atoms with Crippen LogP contribution in [0.15, 0.2) is 24.3 Å². The predicted octanol–water partition coefficient (Wildman–Crippen LogP) is 6.52. The number of nitrogens with zero attached hydrogens (tertiary/aromatic N) is 2. The summed E-state index contributed by atoms with van der Waals surface area (Å²) in [7, 11) is 1.25. The van der Waals surface area contributed by atoms with Gasteiger partial charge in [-0.05, 0) is 87.4 Å². The summed E-state index contributed by atoms with van der Waals surface area (Å²) in [6, 6.07) is 8.75. The number of likely N-dealkylation sites (tertiary alicyclic amines) is 1. The summed E-state index contributed by atoms with van der Waals surface area (Å²) in [6.07, 6.45) is 3.63. The summed E-state index contributed by atoms with van der Waals surface area (Å²) in [5, 5.41) is 10.4. The zero-order chi connectivity index (χ0) is 24.4. The third kappa shape index (κ3) is 5.17. The van der Waals surface area contributed by atoms with Gasteiger partial charge in [0.15, 0.2) is 0 Å². The first kappa shape index (κ1) is 24.8. The predicted molar refractivity (Wildman–Crippen MR) is 129 cm³/mol. The molecule has 1 saturated carbocycles. The van der Waals surface area contributed by atoms with E-state index >= 15 is 4.39 Å². The van der Waals surface area contributed by atoms with Crippen LogP contribution >= 0.6 is 23.2 Å². The van der Waals surface area contributed by atoms with E-state index in [1.165, 1.54) is 13.2 Å². The summed E-state index contributed by atoms with van der Waals surface area (Å²) >= 11 is 12.4. The van der Waals surface area contributed by atoms with Gasteiger partial charge in [-0.25, -0.2) is 9.18 Å². The quantitative estimate of drug-likeness (QED) is 0.401. The highest BCUT2D eigenvalue weighted by atomic mass is 35.5.